The molecule has 0 saturated carbocycles. The van der Waals surface area contributed by atoms with E-state index in [0.29, 0.717) is 17.9 Å². The van der Waals surface area contributed by atoms with Crippen LogP contribution in [-0.4, -0.2) is 35.6 Å². The Kier molecular flexibility index (Phi) is 7.57. The van der Waals surface area contributed by atoms with Crippen molar-refractivity contribution in [1.29, 1.82) is 0 Å². The number of ether oxygens (including phenoxy) is 2. The van der Waals surface area contributed by atoms with Crippen molar-refractivity contribution in [1.82, 2.24) is 0 Å². The molecule has 27 heavy (non-hydrogen) atoms. The average Bonchev–Trinajstić information content (AvgIpc) is 2.64. The summed E-state index contributed by atoms with van der Waals surface area (Å²) in [6, 6.07) is 10.9. The van der Waals surface area contributed by atoms with Gasteiger partial charge in [0.25, 0.3) is 0 Å². The number of hydrogen-bond donors (Lipinski definition) is 3. The fraction of sp³-hybridized carbons (Fsp3) is 0.350. The predicted octanol–water partition coefficient (Wildman–Crippen LogP) is 3.92. The maximum absolute atomic E-state index is 13.8. The Morgan fingerprint density at radius 2 is 1.93 bits per heavy atom. The van der Waals surface area contributed by atoms with Crippen LogP contribution in [0.3, 0.4) is 0 Å². The highest BCUT2D eigenvalue weighted by Crippen LogP contribution is 2.29. The molecule has 0 saturated heterocycles. The van der Waals surface area contributed by atoms with Crippen molar-refractivity contribution < 1.29 is 28.9 Å². The second-order valence-electron chi connectivity index (χ2n) is 6.03. The van der Waals surface area contributed by atoms with Crippen LogP contribution in [0.15, 0.2) is 42.5 Å². The molecule has 0 fully saturated rings. The molecule has 0 unspecified atom stereocenters. The van der Waals surface area contributed by atoms with Gasteiger partial charge < -0.3 is 19.7 Å². The smallest absolute Gasteiger partial charge is 0.412 e. The van der Waals surface area contributed by atoms with Crippen LogP contribution in [0.5, 0.6) is 5.75 Å². The maximum Gasteiger partial charge on any atom is 0.412 e. The molecule has 1 amide bonds. The number of hydrogen-bond acceptors (Lipinski definition) is 5. The lowest BCUT2D eigenvalue weighted by molar-refractivity contribution is -0.0485. The zero-order chi connectivity index (χ0) is 19.8. The Bertz CT molecular complexity index is 745. The minimum atomic E-state index is -0.961. The van der Waals surface area contributed by atoms with Gasteiger partial charge in [0.2, 0.25) is 0 Å². The van der Waals surface area contributed by atoms with Crippen LogP contribution in [-0.2, 0) is 9.47 Å². The number of phenolic OH excluding ortho intramolecular Hbond substituents is 1. The van der Waals surface area contributed by atoms with Gasteiger partial charge >= 0.3 is 6.09 Å². The minimum Gasteiger partial charge on any atom is -0.505 e. The Balaban J connectivity index is 2.23. The number of nitrogens with one attached hydrogen (secondary N) is 1. The van der Waals surface area contributed by atoms with Crippen LogP contribution in [0.25, 0.3) is 0 Å². The van der Waals surface area contributed by atoms with Gasteiger partial charge in [-0.3, -0.25) is 5.32 Å². The summed E-state index contributed by atoms with van der Waals surface area (Å²) < 4.78 is 24.9. The lowest BCUT2D eigenvalue weighted by Crippen LogP contribution is -2.29. The van der Waals surface area contributed by atoms with Crippen molar-refractivity contribution in [2.45, 2.75) is 32.5 Å². The van der Waals surface area contributed by atoms with Gasteiger partial charge in [-0.05, 0) is 43.7 Å². The fourth-order valence-corrected chi connectivity index (χ4v) is 2.62. The second kappa shape index (κ2) is 9.89. The van der Waals surface area contributed by atoms with Gasteiger partial charge in [0.15, 0.2) is 17.7 Å². The van der Waals surface area contributed by atoms with Gasteiger partial charge in [-0.1, -0.05) is 23.8 Å². The van der Waals surface area contributed by atoms with E-state index in [-0.39, 0.29) is 13.0 Å². The van der Waals surface area contributed by atoms with Gasteiger partial charge in [-0.15, -0.1) is 0 Å². The number of carbonyl (C=O) groups is 1. The number of anilines is 1. The summed E-state index contributed by atoms with van der Waals surface area (Å²) in [5.74, 6) is -1.34. The molecule has 0 aromatic heterocycles. The second-order valence-corrected chi connectivity index (χ2v) is 6.03. The lowest BCUT2D eigenvalue weighted by Gasteiger charge is -2.27. The van der Waals surface area contributed by atoms with E-state index < -0.39 is 29.9 Å². The SMILES string of the molecule is CCO[C@H](CCO)[C@H](OC(=O)Nc1ccc(C)cc1)c1ccc(O)c(F)c1. The number of aryl methyl sites for hydroxylation is 1. The molecule has 0 radical (unpaired) electrons. The number of phenols is 1. The Hall–Kier alpha value is -2.64. The van der Waals surface area contributed by atoms with Crippen LogP contribution in [0, 0.1) is 12.7 Å². The van der Waals surface area contributed by atoms with Crippen molar-refractivity contribution >= 4 is 11.8 Å². The molecule has 0 spiro atoms. The van der Waals surface area contributed by atoms with Crippen molar-refractivity contribution in [3.05, 3.63) is 59.4 Å². The average molecular weight is 377 g/mol. The van der Waals surface area contributed by atoms with E-state index in [9.17, 15) is 19.4 Å². The summed E-state index contributed by atoms with van der Waals surface area (Å²) in [5.41, 5.74) is 1.92. The molecular weight excluding hydrogens is 353 g/mol. The van der Waals surface area contributed by atoms with Crippen LogP contribution < -0.4 is 5.32 Å². The summed E-state index contributed by atoms with van der Waals surface area (Å²) in [4.78, 5) is 12.4. The molecule has 2 atom stereocenters. The quantitative estimate of drug-likeness (QED) is 0.649. The molecule has 3 N–H and O–H groups in total. The Morgan fingerprint density at radius 3 is 2.52 bits per heavy atom. The number of aliphatic hydroxyl groups is 1. The van der Waals surface area contributed by atoms with Crippen LogP contribution in [0.2, 0.25) is 0 Å². The maximum atomic E-state index is 13.8. The molecule has 0 aliphatic rings. The topological polar surface area (TPSA) is 88.0 Å². The molecule has 2 rings (SSSR count). The first-order chi connectivity index (χ1) is 12.9. The molecule has 7 heteroatoms. The third-order valence-electron chi connectivity index (χ3n) is 3.96. The third kappa shape index (κ3) is 5.94. The summed E-state index contributed by atoms with van der Waals surface area (Å²) in [5, 5.41) is 21.3. The summed E-state index contributed by atoms with van der Waals surface area (Å²) >= 11 is 0. The zero-order valence-corrected chi connectivity index (χ0v) is 15.3. The van der Waals surface area contributed by atoms with Gasteiger partial charge in [-0.2, -0.15) is 0 Å². The van der Waals surface area contributed by atoms with Gasteiger partial charge in [0.05, 0.1) is 0 Å². The molecule has 0 aliphatic heterocycles. The molecule has 146 valence electrons. The minimum absolute atomic E-state index is 0.190. The molecular formula is C20H24FNO5. The van der Waals surface area contributed by atoms with E-state index in [0.717, 1.165) is 11.6 Å². The first kappa shape index (κ1) is 20.7. The van der Waals surface area contributed by atoms with Crippen molar-refractivity contribution in [3.8, 4) is 5.75 Å². The number of aliphatic hydroxyl groups excluding tert-OH is 1. The molecule has 6 nitrogen and oxygen atoms in total. The zero-order valence-electron chi connectivity index (χ0n) is 15.3. The normalized spacial score (nSPS) is 13.0. The number of benzene rings is 2. The fourth-order valence-electron chi connectivity index (χ4n) is 2.62. The van der Waals surface area contributed by atoms with Crippen molar-refractivity contribution in [2.75, 3.05) is 18.5 Å². The third-order valence-corrected chi connectivity index (χ3v) is 3.96. The summed E-state index contributed by atoms with van der Waals surface area (Å²) in [6.45, 7) is 3.83. The number of halogens is 1. The summed E-state index contributed by atoms with van der Waals surface area (Å²) in [7, 11) is 0. The Morgan fingerprint density at radius 1 is 1.22 bits per heavy atom. The van der Waals surface area contributed by atoms with Crippen LogP contribution in [0.1, 0.15) is 30.6 Å². The highest BCUT2D eigenvalue weighted by Gasteiger charge is 2.28. The van der Waals surface area contributed by atoms with E-state index in [1.54, 1.807) is 19.1 Å². The largest absolute Gasteiger partial charge is 0.505 e. The van der Waals surface area contributed by atoms with Gasteiger partial charge in [0, 0.05) is 25.3 Å². The Labute approximate surface area is 157 Å². The van der Waals surface area contributed by atoms with E-state index in [2.05, 4.69) is 5.32 Å². The van der Waals surface area contributed by atoms with Gasteiger partial charge in [-0.25, -0.2) is 9.18 Å². The number of aromatic hydroxyl groups is 1. The highest BCUT2D eigenvalue weighted by atomic mass is 19.1. The lowest BCUT2D eigenvalue weighted by atomic mass is 10.0. The van der Waals surface area contributed by atoms with Crippen molar-refractivity contribution in [2.24, 2.45) is 0 Å². The van der Waals surface area contributed by atoms with E-state index in [4.69, 9.17) is 9.47 Å². The first-order valence-electron chi connectivity index (χ1n) is 8.69. The molecule has 0 heterocycles. The standard InChI is InChI=1S/C20H24FNO5/c1-3-26-18(10-11-23)19(14-6-9-17(24)16(21)12-14)27-20(25)22-15-7-4-13(2)5-8-15/h4-9,12,18-19,23-24H,3,10-11H2,1-2H3,(H,22,25)/t18-,19-/m1/s1. The van der Waals surface area contributed by atoms with E-state index in [1.807, 2.05) is 19.1 Å². The monoisotopic (exact) mass is 377 g/mol. The number of carbonyl (C=O) groups excluding carboxylic acids is 1. The highest BCUT2D eigenvalue weighted by molar-refractivity contribution is 5.84. The van der Waals surface area contributed by atoms with Crippen molar-refractivity contribution in [3.63, 3.8) is 0 Å². The molecule has 2 aromatic rings. The summed E-state index contributed by atoms with van der Waals surface area (Å²) in [6.07, 6.45) is -2.18. The molecule has 0 aliphatic carbocycles. The van der Waals surface area contributed by atoms with E-state index in [1.165, 1.54) is 12.1 Å². The predicted molar refractivity (Wildman–Crippen MR) is 99.2 cm³/mol. The van der Waals surface area contributed by atoms with Gasteiger partial charge in [0.1, 0.15) is 6.10 Å². The van der Waals surface area contributed by atoms with Crippen LogP contribution >= 0.6 is 0 Å². The van der Waals surface area contributed by atoms with E-state index >= 15 is 0 Å². The first-order valence-corrected chi connectivity index (χ1v) is 8.69. The van der Waals surface area contributed by atoms with Crippen LogP contribution in [0.4, 0.5) is 14.9 Å². The molecule has 0 bridgehead atoms. The molecule has 2 aromatic carbocycles. The number of rotatable bonds is 8. The number of amides is 1.